The van der Waals surface area contributed by atoms with E-state index in [-0.39, 0.29) is 27.7 Å². The lowest BCUT2D eigenvalue weighted by atomic mass is 10.2. The number of sulfonamides is 1. The van der Waals surface area contributed by atoms with E-state index in [1.165, 1.54) is 38.2 Å². The Labute approximate surface area is 156 Å². The lowest BCUT2D eigenvalue weighted by molar-refractivity contribution is 0.0924. The number of carbonyl (C=O) groups excluding carboxylic acids is 1. The number of aliphatic hydroxyl groups excluding tert-OH is 1. The van der Waals surface area contributed by atoms with Gasteiger partial charge in [-0.1, -0.05) is 11.6 Å². The van der Waals surface area contributed by atoms with Gasteiger partial charge in [0.2, 0.25) is 0 Å². The van der Waals surface area contributed by atoms with Gasteiger partial charge in [-0.3, -0.25) is 9.10 Å². The first kappa shape index (κ1) is 20.2. The Balaban J connectivity index is 2.36. The number of halogens is 2. The third-order valence-electron chi connectivity index (χ3n) is 3.59. The molecule has 2 aromatic carbocycles. The van der Waals surface area contributed by atoms with Crippen LogP contribution in [0.2, 0.25) is 5.02 Å². The predicted molar refractivity (Wildman–Crippen MR) is 97.5 cm³/mol. The fraction of sp³-hybridized carbons (Fsp3) is 0.235. The van der Waals surface area contributed by atoms with Crippen LogP contribution < -0.4 is 9.62 Å². The van der Waals surface area contributed by atoms with Crippen LogP contribution in [0, 0.1) is 5.82 Å². The number of aliphatic hydroxyl groups is 1. The Morgan fingerprint density at radius 2 is 1.88 bits per heavy atom. The number of nitrogens with one attached hydrogen (secondary N) is 1. The minimum atomic E-state index is -3.99. The molecule has 0 saturated carbocycles. The fourth-order valence-electron chi connectivity index (χ4n) is 2.12. The first-order valence-corrected chi connectivity index (χ1v) is 9.45. The number of nitrogens with zero attached hydrogens (tertiary/aromatic N) is 1. The van der Waals surface area contributed by atoms with Crippen molar-refractivity contribution in [2.45, 2.75) is 17.9 Å². The van der Waals surface area contributed by atoms with E-state index in [0.717, 1.165) is 22.5 Å². The van der Waals surface area contributed by atoms with Crippen LogP contribution in [-0.4, -0.2) is 39.1 Å². The highest BCUT2D eigenvalue weighted by molar-refractivity contribution is 7.92. The summed E-state index contributed by atoms with van der Waals surface area (Å²) in [4.78, 5) is 12.0. The summed E-state index contributed by atoms with van der Waals surface area (Å²) >= 11 is 6.00. The number of anilines is 1. The van der Waals surface area contributed by atoms with Crippen molar-refractivity contribution in [1.82, 2.24) is 5.32 Å². The normalized spacial score (nSPS) is 12.5. The number of hydrogen-bond acceptors (Lipinski definition) is 4. The summed E-state index contributed by atoms with van der Waals surface area (Å²) < 4.78 is 39.6. The first-order chi connectivity index (χ1) is 12.1. The molecule has 26 heavy (non-hydrogen) atoms. The molecule has 140 valence electrons. The zero-order chi connectivity index (χ0) is 19.5. The number of hydrogen-bond donors (Lipinski definition) is 2. The molecular formula is C17H18ClFN2O4S. The van der Waals surface area contributed by atoms with E-state index in [1.54, 1.807) is 0 Å². The smallest absolute Gasteiger partial charge is 0.264 e. The highest BCUT2D eigenvalue weighted by atomic mass is 35.5. The van der Waals surface area contributed by atoms with E-state index in [0.29, 0.717) is 0 Å². The molecule has 0 aliphatic heterocycles. The lowest BCUT2D eigenvalue weighted by Gasteiger charge is -2.20. The molecule has 0 bridgehead atoms. The van der Waals surface area contributed by atoms with E-state index >= 15 is 0 Å². The van der Waals surface area contributed by atoms with E-state index in [4.69, 9.17) is 11.6 Å². The Bertz CT molecular complexity index is 901. The van der Waals surface area contributed by atoms with E-state index in [9.17, 15) is 22.7 Å². The molecule has 1 unspecified atom stereocenters. The van der Waals surface area contributed by atoms with Gasteiger partial charge < -0.3 is 10.4 Å². The van der Waals surface area contributed by atoms with E-state index in [2.05, 4.69) is 5.32 Å². The molecule has 1 atom stereocenters. The Morgan fingerprint density at radius 1 is 1.27 bits per heavy atom. The second-order valence-electron chi connectivity index (χ2n) is 5.65. The maximum Gasteiger partial charge on any atom is 0.264 e. The molecule has 2 N–H and O–H groups in total. The van der Waals surface area contributed by atoms with Gasteiger partial charge in [-0.25, -0.2) is 12.8 Å². The van der Waals surface area contributed by atoms with Crippen molar-refractivity contribution in [1.29, 1.82) is 0 Å². The molecule has 0 aromatic heterocycles. The minimum Gasteiger partial charge on any atom is -0.392 e. The van der Waals surface area contributed by atoms with Crippen molar-refractivity contribution in [3.63, 3.8) is 0 Å². The van der Waals surface area contributed by atoms with Crippen molar-refractivity contribution >= 4 is 33.2 Å². The predicted octanol–water partition coefficient (Wildman–Crippen LogP) is 2.41. The number of benzene rings is 2. The topological polar surface area (TPSA) is 86.7 Å². The summed E-state index contributed by atoms with van der Waals surface area (Å²) in [5.74, 6) is -1.08. The minimum absolute atomic E-state index is 0.00161. The zero-order valence-corrected chi connectivity index (χ0v) is 15.7. The van der Waals surface area contributed by atoms with E-state index < -0.39 is 27.9 Å². The average Bonchev–Trinajstić information content (AvgIpc) is 2.59. The van der Waals surface area contributed by atoms with Crippen LogP contribution in [0.25, 0.3) is 0 Å². The summed E-state index contributed by atoms with van der Waals surface area (Å²) in [6.07, 6.45) is -0.755. The lowest BCUT2D eigenvalue weighted by Crippen LogP contribution is -2.31. The summed E-state index contributed by atoms with van der Waals surface area (Å²) in [6.45, 7) is 1.50. The van der Waals surface area contributed by atoms with Crippen molar-refractivity contribution in [2.75, 3.05) is 17.9 Å². The van der Waals surface area contributed by atoms with Gasteiger partial charge in [-0.15, -0.1) is 0 Å². The van der Waals surface area contributed by atoms with E-state index in [1.807, 2.05) is 0 Å². The SMILES string of the molecule is CC(O)CNC(=O)c1cc(S(=O)(=O)N(C)c2ccc(F)cc2)ccc1Cl. The molecule has 1 amide bonds. The average molecular weight is 401 g/mol. The molecule has 0 saturated heterocycles. The number of rotatable bonds is 6. The summed E-state index contributed by atoms with van der Waals surface area (Å²) in [5.41, 5.74) is 0.238. The van der Waals surface area contributed by atoms with Crippen LogP contribution in [-0.2, 0) is 10.0 Å². The Kier molecular flexibility index (Phi) is 6.22. The van der Waals surface area contributed by atoms with Gasteiger partial charge in [-0.2, -0.15) is 0 Å². The third-order valence-corrected chi connectivity index (χ3v) is 5.70. The Hall–Kier alpha value is -2.16. The fourth-order valence-corrected chi connectivity index (χ4v) is 3.55. The van der Waals surface area contributed by atoms with Crippen molar-refractivity contribution in [2.24, 2.45) is 0 Å². The largest absolute Gasteiger partial charge is 0.392 e. The van der Waals surface area contributed by atoms with Crippen LogP contribution in [0.5, 0.6) is 0 Å². The molecular weight excluding hydrogens is 383 g/mol. The van der Waals surface area contributed by atoms with Crippen LogP contribution in [0.3, 0.4) is 0 Å². The second-order valence-corrected chi connectivity index (χ2v) is 8.03. The van der Waals surface area contributed by atoms with Gasteiger partial charge in [0.25, 0.3) is 15.9 Å². The van der Waals surface area contributed by atoms with Gasteiger partial charge in [0.05, 0.1) is 27.3 Å². The first-order valence-electron chi connectivity index (χ1n) is 7.63. The molecule has 6 nitrogen and oxygen atoms in total. The van der Waals surface area contributed by atoms with Gasteiger partial charge in [-0.05, 0) is 49.4 Å². The maximum atomic E-state index is 13.0. The molecule has 0 spiro atoms. The molecule has 0 aliphatic rings. The standard InChI is InChI=1S/C17H18ClFN2O4S/c1-11(22)10-20-17(23)15-9-14(7-8-16(15)18)26(24,25)21(2)13-5-3-12(19)4-6-13/h3-9,11,22H,10H2,1-2H3,(H,20,23). The third kappa shape index (κ3) is 4.51. The van der Waals surface area contributed by atoms with Crippen LogP contribution in [0.15, 0.2) is 47.4 Å². The molecule has 2 rings (SSSR count). The quantitative estimate of drug-likeness (QED) is 0.779. The second kappa shape index (κ2) is 8.03. The summed E-state index contributed by atoms with van der Waals surface area (Å²) in [5, 5.41) is 11.8. The van der Waals surface area contributed by atoms with Crippen molar-refractivity contribution in [3.05, 3.63) is 58.9 Å². The molecule has 0 radical (unpaired) electrons. The van der Waals surface area contributed by atoms with Gasteiger partial charge in [0.15, 0.2) is 0 Å². The Morgan fingerprint density at radius 3 is 2.46 bits per heavy atom. The molecule has 9 heteroatoms. The molecule has 0 fully saturated rings. The monoisotopic (exact) mass is 400 g/mol. The summed E-state index contributed by atoms with van der Waals surface area (Å²) in [6, 6.07) is 8.72. The molecule has 0 aliphatic carbocycles. The van der Waals surface area contributed by atoms with Crippen LogP contribution in [0.1, 0.15) is 17.3 Å². The highest BCUT2D eigenvalue weighted by Gasteiger charge is 2.24. The van der Waals surface area contributed by atoms with Gasteiger partial charge in [0, 0.05) is 13.6 Å². The highest BCUT2D eigenvalue weighted by Crippen LogP contribution is 2.26. The summed E-state index contributed by atoms with van der Waals surface area (Å²) in [7, 11) is -2.66. The molecule has 2 aromatic rings. The number of carbonyl (C=O) groups is 1. The molecule has 0 heterocycles. The zero-order valence-electron chi connectivity index (χ0n) is 14.1. The van der Waals surface area contributed by atoms with Crippen molar-refractivity contribution < 1.29 is 22.7 Å². The van der Waals surface area contributed by atoms with Crippen LogP contribution >= 0.6 is 11.6 Å². The van der Waals surface area contributed by atoms with Crippen LogP contribution in [0.4, 0.5) is 10.1 Å². The van der Waals surface area contributed by atoms with Gasteiger partial charge in [0.1, 0.15) is 5.82 Å². The van der Waals surface area contributed by atoms with Crippen molar-refractivity contribution in [3.8, 4) is 0 Å². The number of amides is 1. The maximum absolute atomic E-state index is 13.0. The van der Waals surface area contributed by atoms with Gasteiger partial charge >= 0.3 is 0 Å².